The number of thiocarbonyl (C=S) groups is 1. The summed E-state index contributed by atoms with van der Waals surface area (Å²) >= 11 is 8.35. The lowest BCUT2D eigenvalue weighted by atomic mass is 10.1. The summed E-state index contributed by atoms with van der Waals surface area (Å²) in [6, 6.07) is 7.35. The Morgan fingerprint density at radius 2 is 1.53 bits per heavy atom. The van der Waals surface area contributed by atoms with Gasteiger partial charge in [-0.15, -0.1) is 0 Å². The van der Waals surface area contributed by atoms with Crippen LogP contribution in [0.2, 0.25) is 0 Å². The van der Waals surface area contributed by atoms with Crippen molar-refractivity contribution < 1.29 is 9.59 Å². The molecule has 2 rings (SSSR count). The summed E-state index contributed by atoms with van der Waals surface area (Å²) in [7, 11) is 3.12. The number of amides is 2. The van der Waals surface area contributed by atoms with E-state index in [0.717, 1.165) is 10.0 Å². The molecule has 0 aliphatic carbocycles. The maximum atomic E-state index is 12.1. The third kappa shape index (κ3) is 2.59. The van der Waals surface area contributed by atoms with Gasteiger partial charge in [-0.05, 0) is 36.0 Å². The molecule has 1 heterocycles. The van der Waals surface area contributed by atoms with E-state index in [-0.39, 0.29) is 22.5 Å². The number of carbonyl (C=O) groups excluding carboxylic acids is 2. The molecule has 1 fully saturated rings. The zero-order valence-electron chi connectivity index (χ0n) is 10.4. The summed E-state index contributed by atoms with van der Waals surface area (Å²) in [5.41, 5.74) is 0.899. The molecule has 2 amide bonds. The Balaban J connectivity index is 2.42. The second-order valence-corrected chi connectivity index (χ2v) is 5.40. The van der Waals surface area contributed by atoms with Gasteiger partial charge in [-0.2, -0.15) is 0 Å². The summed E-state index contributed by atoms with van der Waals surface area (Å²) < 4.78 is 0.936. The molecule has 0 saturated carbocycles. The number of nitrogens with zero attached hydrogens (tertiary/aromatic N) is 2. The molecule has 0 bridgehead atoms. The lowest BCUT2D eigenvalue weighted by molar-refractivity contribution is -0.132. The maximum Gasteiger partial charge on any atom is 0.265 e. The van der Waals surface area contributed by atoms with Crippen LogP contribution in [0.15, 0.2) is 34.3 Å². The van der Waals surface area contributed by atoms with Crippen LogP contribution in [0.25, 0.3) is 6.08 Å². The smallest absolute Gasteiger partial charge is 0.265 e. The van der Waals surface area contributed by atoms with Crippen molar-refractivity contribution in [2.24, 2.45) is 0 Å². The van der Waals surface area contributed by atoms with Crippen molar-refractivity contribution in [3.05, 3.63) is 39.9 Å². The predicted molar refractivity (Wildman–Crippen MR) is 80.3 cm³/mol. The van der Waals surface area contributed by atoms with Crippen LogP contribution in [0.4, 0.5) is 0 Å². The molecule has 1 aromatic rings. The molecule has 0 radical (unpaired) electrons. The molecule has 19 heavy (non-hydrogen) atoms. The highest BCUT2D eigenvalue weighted by atomic mass is 79.9. The van der Waals surface area contributed by atoms with Crippen LogP contribution < -0.4 is 0 Å². The van der Waals surface area contributed by atoms with Crippen LogP contribution in [0.3, 0.4) is 0 Å². The van der Waals surface area contributed by atoms with Crippen molar-refractivity contribution in [2.45, 2.75) is 0 Å². The lowest BCUT2D eigenvalue weighted by Gasteiger charge is -2.31. The number of rotatable bonds is 1. The van der Waals surface area contributed by atoms with Gasteiger partial charge in [0.15, 0.2) is 5.11 Å². The van der Waals surface area contributed by atoms with Gasteiger partial charge >= 0.3 is 0 Å². The van der Waals surface area contributed by atoms with E-state index in [1.54, 1.807) is 20.2 Å². The second-order valence-electron chi connectivity index (χ2n) is 4.12. The molecule has 98 valence electrons. The molecule has 1 aliphatic rings. The van der Waals surface area contributed by atoms with Crippen molar-refractivity contribution in [2.75, 3.05) is 14.1 Å². The molecule has 1 aromatic carbocycles. The molecule has 6 heteroatoms. The van der Waals surface area contributed by atoms with Gasteiger partial charge in [0.25, 0.3) is 11.8 Å². The fourth-order valence-corrected chi connectivity index (χ4v) is 2.13. The fourth-order valence-electron chi connectivity index (χ4n) is 1.70. The van der Waals surface area contributed by atoms with Crippen molar-refractivity contribution >= 4 is 51.2 Å². The molecule has 1 aliphatic heterocycles. The summed E-state index contributed by atoms with van der Waals surface area (Å²) in [6.45, 7) is 0. The zero-order valence-corrected chi connectivity index (χ0v) is 12.8. The summed E-state index contributed by atoms with van der Waals surface area (Å²) in [6.07, 6.45) is 1.58. The first-order chi connectivity index (χ1) is 8.91. The molecule has 4 nitrogen and oxygen atoms in total. The van der Waals surface area contributed by atoms with Gasteiger partial charge in [0, 0.05) is 18.6 Å². The first-order valence-corrected chi connectivity index (χ1v) is 6.69. The quantitative estimate of drug-likeness (QED) is 0.447. The molecule has 0 atom stereocenters. The van der Waals surface area contributed by atoms with Crippen LogP contribution in [0.1, 0.15) is 5.56 Å². The van der Waals surface area contributed by atoms with E-state index in [1.165, 1.54) is 9.80 Å². The number of carbonyl (C=O) groups is 2. The minimum atomic E-state index is -0.379. The van der Waals surface area contributed by atoms with E-state index in [4.69, 9.17) is 12.2 Å². The highest BCUT2D eigenvalue weighted by Gasteiger charge is 2.35. The highest BCUT2D eigenvalue weighted by Crippen LogP contribution is 2.19. The average Bonchev–Trinajstić information content (AvgIpc) is 2.41. The van der Waals surface area contributed by atoms with Gasteiger partial charge in [0.1, 0.15) is 5.57 Å². The second kappa shape index (κ2) is 5.22. The molecular formula is C13H11BrN2O2S. The zero-order chi connectivity index (χ0) is 14.2. The van der Waals surface area contributed by atoms with Crippen LogP contribution in [-0.4, -0.2) is 40.8 Å². The Morgan fingerprint density at radius 3 is 2.00 bits per heavy atom. The van der Waals surface area contributed by atoms with E-state index in [0.29, 0.717) is 0 Å². The van der Waals surface area contributed by atoms with E-state index < -0.39 is 0 Å². The lowest BCUT2D eigenvalue weighted by Crippen LogP contribution is -2.52. The van der Waals surface area contributed by atoms with Crippen molar-refractivity contribution in [1.29, 1.82) is 0 Å². The Morgan fingerprint density at radius 1 is 1.05 bits per heavy atom. The van der Waals surface area contributed by atoms with Gasteiger partial charge in [-0.3, -0.25) is 19.4 Å². The Kier molecular flexibility index (Phi) is 3.82. The first kappa shape index (κ1) is 13.9. The Hall–Kier alpha value is -1.53. The van der Waals surface area contributed by atoms with E-state index in [1.807, 2.05) is 24.3 Å². The van der Waals surface area contributed by atoms with Crippen molar-refractivity contribution in [3.8, 4) is 0 Å². The third-order valence-electron chi connectivity index (χ3n) is 2.82. The molecule has 0 unspecified atom stereocenters. The van der Waals surface area contributed by atoms with Crippen LogP contribution >= 0.6 is 28.1 Å². The van der Waals surface area contributed by atoms with Gasteiger partial charge in [0.05, 0.1) is 0 Å². The summed E-state index contributed by atoms with van der Waals surface area (Å²) in [4.78, 5) is 26.7. The topological polar surface area (TPSA) is 40.6 Å². The third-order valence-corrected chi connectivity index (χ3v) is 3.90. The SMILES string of the molecule is CN1C(=O)C(=Cc2ccc(Br)cc2)C(=O)N(C)C1=S. The minimum absolute atomic E-state index is 0.112. The average molecular weight is 339 g/mol. The fraction of sp³-hybridized carbons (Fsp3) is 0.154. The highest BCUT2D eigenvalue weighted by molar-refractivity contribution is 9.10. The van der Waals surface area contributed by atoms with Gasteiger partial charge in [-0.25, -0.2) is 0 Å². The van der Waals surface area contributed by atoms with E-state index in [2.05, 4.69) is 15.9 Å². The molecule has 0 spiro atoms. The minimum Gasteiger partial charge on any atom is -0.288 e. The number of halogens is 1. The van der Waals surface area contributed by atoms with Crippen LogP contribution in [-0.2, 0) is 9.59 Å². The first-order valence-electron chi connectivity index (χ1n) is 5.49. The van der Waals surface area contributed by atoms with Crippen LogP contribution in [0.5, 0.6) is 0 Å². The van der Waals surface area contributed by atoms with Gasteiger partial charge < -0.3 is 0 Å². The monoisotopic (exact) mass is 338 g/mol. The maximum absolute atomic E-state index is 12.1. The molecule has 0 N–H and O–H groups in total. The number of hydrogen-bond donors (Lipinski definition) is 0. The Bertz CT molecular complexity index is 569. The molecular weight excluding hydrogens is 328 g/mol. The molecule has 0 aromatic heterocycles. The Labute approximate surface area is 124 Å². The summed E-state index contributed by atoms with van der Waals surface area (Å²) in [5, 5.41) is 0.211. The molecule has 1 saturated heterocycles. The summed E-state index contributed by atoms with van der Waals surface area (Å²) in [5.74, 6) is -0.757. The van der Waals surface area contributed by atoms with Crippen LogP contribution in [0, 0.1) is 0 Å². The van der Waals surface area contributed by atoms with Crippen molar-refractivity contribution in [1.82, 2.24) is 9.80 Å². The predicted octanol–water partition coefficient (Wildman–Crippen LogP) is 2.05. The van der Waals surface area contributed by atoms with Gasteiger partial charge in [-0.1, -0.05) is 28.1 Å². The van der Waals surface area contributed by atoms with E-state index >= 15 is 0 Å². The van der Waals surface area contributed by atoms with Crippen molar-refractivity contribution in [3.63, 3.8) is 0 Å². The normalized spacial score (nSPS) is 16.2. The number of hydrogen-bond acceptors (Lipinski definition) is 3. The van der Waals surface area contributed by atoms with E-state index in [9.17, 15) is 9.59 Å². The number of likely N-dealkylation sites (N-methyl/N-ethyl adjacent to an activating group) is 2. The van der Waals surface area contributed by atoms with Gasteiger partial charge in [0.2, 0.25) is 0 Å². The number of benzene rings is 1. The standard InChI is InChI=1S/C13H11BrN2O2S/c1-15-11(17)10(12(18)16(2)13(15)19)7-8-3-5-9(14)6-4-8/h3-7H,1-2H3. The largest absolute Gasteiger partial charge is 0.288 e.